The monoisotopic (exact) mass is 383 g/mol. The van der Waals surface area contributed by atoms with E-state index in [1.807, 2.05) is 6.07 Å². The first-order valence-electron chi connectivity index (χ1n) is 10.0. The molecular formula is C22H26FN3O2. The zero-order valence-electron chi connectivity index (χ0n) is 15.9. The second kappa shape index (κ2) is 8.59. The van der Waals surface area contributed by atoms with Gasteiger partial charge in [0.15, 0.2) is 5.84 Å². The number of fused-ring (bicyclic) bond motifs is 1. The van der Waals surface area contributed by atoms with Crippen molar-refractivity contribution in [3.8, 4) is 5.88 Å². The zero-order chi connectivity index (χ0) is 19.3. The summed E-state index contributed by atoms with van der Waals surface area (Å²) >= 11 is 0. The van der Waals surface area contributed by atoms with Crippen molar-refractivity contribution >= 4 is 5.84 Å². The zero-order valence-corrected chi connectivity index (χ0v) is 15.9. The average molecular weight is 383 g/mol. The number of pyridine rings is 1. The van der Waals surface area contributed by atoms with E-state index in [1.165, 1.54) is 31.7 Å². The predicted octanol–water partition coefficient (Wildman–Crippen LogP) is 4.45. The predicted molar refractivity (Wildman–Crippen MR) is 105 cm³/mol. The molecule has 28 heavy (non-hydrogen) atoms. The van der Waals surface area contributed by atoms with Crippen LogP contribution >= 0.6 is 0 Å². The number of nitrogens with zero attached hydrogens (tertiary/aromatic N) is 3. The molecule has 0 amide bonds. The van der Waals surface area contributed by atoms with Crippen LogP contribution in [0.3, 0.4) is 0 Å². The summed E-state index contributed by atoms with van der Waals surface area (Å²) in [5.41, 5.74) is 1.10. The van der Waals surface area contributed by atoms with Crippen molar-refractivity contribution in [1.29, 1.82) is 0 Å². The number of aromatic nitrogens is 1. The van der Waals surface area contributed by atoms with Crippen molar-refractivity contribution in [3.05, 3.63) is 59.5 Å². The van der Waals surface area contributed by atoms with E-state index in [4.69, 9.17) is 4.74 Å². The first kappa shape index (κ1) is 18.7. The normalized spacial score (nSPS) is 22.6. The summed E-state index contributed by atoms with van der Waals surface area (Å²) in [5.74, 6) is 1.97. The van der Waals surface area contributed by atoms with Gasteiger partial charge >= 0.3 is 0 Å². The fraction of sp³-hybridized carbons (Fsp3) is 0.455. The van der Waals surface area contributed by atoms with E-state index < -0.39 is 0 Å². The van der Waals surface area contributed by atoms with Gasteiger partial charge in [-0.3, -0.25) is 0 Å². The molecule has 1 aliphatic carbocycles. The Labute approximate surface area is 164 Å². The van der Waals surface area contributed by atoms with Gasteiger partial charge in [-0.05, 0) is 42.9 Å². The quantitative estimate of drug-likeness (QED) is 0.367. The molecule has 0 bridgehead atoms. The van der Waals surface area contributed by atoms with Crippen LogP contribution in [0.1, 0.15) is 43.2 Å². The second-order valence-corrected chi connectivity index (χ2v) is 7.70. The molecule has 6 heteroatoms. The van der Waals surface area contributed by atoms with Crippen LogP contribution in [0.5, 0.6) is 5.88 Å². The molecule has 1 aromatic carbocycles. The number of hydrogen-bond donors (Lipinski definition) is 1. The molecule has 4 rings (SSSR count). The maximum atomic E-state index is 13.9. The van der Waals surface area contributed by atoms with Gasteiger partial charge < -0.3 is 14.8 Å². The summed E-state index contributed by atoms with van der Waals surface area (Å²) in [7, 11) is 0. The third kappa shape index (κ3) is 3.96. The number of rotatable bonds is 4. The molecular weight excluding hydrogens is 357 g/mol. The van der Waals surface area contributed by atoms with Crippen molar-refractivity contribution in [3.63, 3.8) is 0 Å². The lowest BCUT2D eigenvalue weighted by Gasteiger charge is -2.42. The maximum Gasteiger partial charge on any atom is 0.224 e. The standard InChI is InChI=1S/C22H26FN3O2/c23-20-10-4-3-8-18(20)15-28-22-19(9-5-12-24-22)21(25-27)26-13-11-16-6-1-2-7-17(16)14-26/h3-5,8-10,12,16-17,27H,1-2,6-7,11,13-15H2/b25-21-. The summed E-state index contributed by atoms with van der Waals surface area (Å²) in [6.45, 7) is 1.83. The molecule has 1 aromatic heterocycles. The Kier molecular flexibility index (Phi) is 5.74. The van der Waals surface area contributed by atoms with E-state index in [0.29, 0.717) is 28.8 Å². The van der Waals surface area contributed by atoms with Gasteiger partial charge in [0.2, 0.25) is 5.88 Å². The van der Waals surface area contributed by atoms with Gasteiger partial charge in [-0.1, -0.05) is 42.6 Å². The Bertz CT molecular complexity index is 842. The molecule has 2 aromatic rings. The maximum absolute atomic E-state index is 13.9. The van der Waals surface area contributed by atoms with Gasteiger partial charge in [-0.25, -0.2) is 9.37 Å². The van der Waals surface area contributed by atoms with Crippen LogP contribution in [0.15, 0.2) is 47.8 Å². The summed E-state index contributed by atoms with van der Waals surface area (Å²) in [6, 6.07) is 10.2. The molecule has 0 radical (unpaired) electrons. The highest BCUT2D eigenvalue weighted by Crippen LogP contribution is 2.37. The second-order valence-electron chi connectivity index (χ2n) is 7.70. The smallest absolute Gasteiger partial charge is 0.224 e. The lowest BCUT2D eigenvalue weighted by Crippen LogP contribution is -2.45. The largest absolute Gasteiger partial charge is 0.472 e. The number of piperidine rings is 1. The lowest BCUT2D eigenvalue weighted by molar-refractivity contribution is 0.127. The Balaban J connectivity index is 1.52. The highest BCUT2D eigenvalue weighted by molar-refractivity contribution is 6.00. The molecule has 1 saturated heterocycles. The highest BCUT2D eigenvalue weighted by Gasteiger charge is 2.33. The molecule has 2 fully saturated rings. The fourth-order valence-electron chi connectivity index (χ4n) is 4.52. The summed E-state index contributed by atoms with van der Waals surface area (Å²) in [6.07, 6.45) is 7.92. The number of amidine groups is 1. The average Bonchev–Trinajstić information content (AvgIpc) is 2.74. The minimum absolute atomic E-state index is 0.0695. The summed E-state index contributed by atoms with van der Waals surface area (Å²) in [4.78, 5) is 6.44. The van der Waals surface area contributed by atoms with Crippen molar-refractivity contribution < 1.29 is 14.3 Å². The summed E-state index contributed by atoms with van der Waals surface area (Å²) in [5, 5.41) is 13.4. The van der Waals surface area contributed by atoms with Crippen molar-refractivity contribution in [2.75, 3.05) is 13.1 Å². The number of ether oxygens (including phenoxy) is 1. The van der Waals surface area contributed by atoms with Crippen LogP contribution in [-0.4, -0.2) is 34.0 Å². The van der Waals surface area contributed by atoms with Crippen LogP contribution < -0.4 is 4.74 Å². The SMILES string of the molecule is O/N=C(/c1cccnc1OCc1ccccc1F)N1CCC2CCCCC2C1. The van der Waals surface area contributed by atoms with Crippen LogP contribution in [0, 0.1) is 17.7 Å². The van der Waals surface area contributed by atoms with Gasteiger partial charge in [0.1, 0.15) is 12.4 Å². The van der Waals surface area contributed by atoms with E-state index in [0.717, 1.165) is 25.4 Å². The topological polar surface area (TPSA) is 58.0 Å². The van der Waals surface area contributed by atoms with Gasteiger partial charge in [0.05, 0.1) is 5.56 Å². The number of halogens is 1. The molecule has 2 atom stereocenters. The van der Waals surface area contributed by atoms with E-state index in [9.17, 15) is 9.60 Å². The van der Waals surface area contributed by atoms with E-state index in [-0.39, 0.29) is 12.4 Å². The molecule has 148 valence electrons. The lowest BCUT2D eigenvalue weighted by atomic mass is 9.75. The molecule has 2 heterocycles. The van der Waals surface area contributed by atoms with Crippen molar-refractivity contribution in [2.45, 2.75) is 38.7 Å². The van der Waals surface area contributed by atoms with Crippen LogP contribution in [0.25, 0.3) is 0 Å². The molecule has 2 unspecified atom stereocenters. The fourth-order valence-corrected chi connectivity index (χ4v) is 4.52. The van der Waals surface area contributed by atoms with Gasteiger partial charge in [-0.2, -0.15) is 0 Å². The molecule has 1 aliphatic heterocycles. The number of hydrogen-bond acceptors (Lipinski definition) is 4. The van der Waals surface area contributed by atoms with Crippen LogP contribution in [0.4, 0.5) is 4.39 Å². The molecule has 5 nitrogen and oxygen atoms in total. The number of oxime groups is 1. The Morgan fingerprint density at radius 1 is 1.14 bits per heavy atom. The van der Waals surface area contributed by atoms with E-state index in [1.54, 1.807) is 30.5 Å². The first-order chi connectivity index (χ1) is 13.8. The van der Waals surface area contributed by atoms with Gasteiger partial charge in [-0.15, -0.1) is 0 Å². The molecule has 1 saturated carbocycles. The summed E-state index contributed by atoms with van der Waals surface area (Å²) < 4.78 is 19.7. The van der Waals surface area contributed by atoms with Gasteiger partial charge in [0.25, 0.3) is 0 Å². The molecule has 1 N–H and O–H groups in total. The van der Waals surface area contributed by atoms with E-state index >= 15 is 0 Å². The van der Waals surface area contributed by atoms with E-state index in [2.05, 4.69) is 15.0 Å². The third-order valence-corrected chi connectivity index (χ3v) is 6.02. The highest BCUT2D eigenvalue weighted by atomic mass is 19.1. The van der Waals surface area contributed by atoms with Crippen LogP contribution in [-0.2, 0) is 6.61 Å². The minimum atomic E-state index is -0.310. The Morgan fingerprint density at radius 2 is 1.96 bits per heavy atom. The first-order valence-corrected chi connectivity index (χ1v) is 10.0. The number of benzene rings is 1. The third-order valence-electron chi connectivity index (χ3n) is 6.02. The molecule has 2 aliphatic rings. The minimum Gasteiger partial charge on any atom is -0.472 e. The van der Waals surface area contributed by atoms with Crippen LogP contribution in [0.2, 0.25) is 0 Å². The van der Waals surface area contributed by atoms with Crippen molar-refractivity contribution in [2.24, 2.45) is 17.0 Å². The van der Waals surface area contributed by atoms with Gasteiger partial charge in [0, 0.05) is 24.8 Å². The molecule has 0 spiro atoms. The number of likely N-dealkylation sites (tertiary alicyclic amines) is 1. The van der Waals surface area contributed by atoms with Crippen molar-refractivity contribution in [1.82, 2.24) is 9.88 Å². The Morgan fingerprint density at radius 3 is 2.79 bits per heavy atom. The Hall–Kier alpha value is -2.63.